The molecule has 1 aromatic rings. The summed E-state index contributed by atoms with van der Waals surface area (Å²) in [5, 5.41) is 16.4. The molecule has 1 aliphatic heterocycles. The third-order valence-electron chi connectivity index (χ3n) is 2.65. The summed E-state index contributed by atoms with van der Waals surface area (Å²) in [6.07, 6.45) is 1.16. The standard InChI is InChI=1S/C10H10ClN3O3/c11-8-4-3-6(12-13-8)9(15)14-5-1-2-7(14)10(16)17/h3-4,7H,1-2,5H2,(H,16,17)/t7-/m0/s1. The summed E-state index contributed by atoms with van der Waals surface area (Å²) in [5.74, 6) is -1.41. The predicted octanol–water partition coefficient (Wildman–Crippen LogP) is 0.819. The van der Waals surface area contributed by atoms with Gasteiger partial charge in [0.2, 0.25) is 0 Å². The molecule has 1 saturated heterocycles. The van der Waals surface area contributed by atoms with E-state index < -0.39 is 17.9 Å². The molecular formula is C10H10ClN3O3. The lowest BCUT2D eigenvalue weighted by Crippen LogP contribution is -2.40. The van der Waals surface area contributed by atoms with Crippen molar-refractivity contribution in [2.24, 2.45) is 0 Å². The van der Waals surface area contributed by atoms with Crippen molar-refractivity contribution in [2.45, 2.75) is 18.9 Å². The first-order valence-electron chi connectivity index (χ1n) is 5.12. The molecule has 2 heterocycles. The Morgan fingerprint density at radius 2 is 2.18 bits per heavy atom. The zero-order valence-electron chi connectivity index (χ0n) is 8.84. The highest BCUT2D eigenvalue weighted by Gasteiger charge is 2.34. The van der Waals surface area contributed by atoms with Crippen LogP contribution in [0.3, 0.4) is 0 Å². The number of amides is 1. The number of carbonyl (C=O) groups is 2. The van der Waals surface area contributed by atoms with E-state index in [1.807, 2.05) is 0 Å². The van der Waals surface area contributed by atoms with E-state index in [1.165, 1.54) is 17.0 Å². The highest BCUT2D eigenvalue weighted by Crippen LogP contribution is 2.19. The molecule has 0 unspecified atom stereocenters. The van der Waals surface area contributed by atoms with Gasteiger partial charge in [0.1, 0.15) is 6.04 Å². The molecule has 2 rings (SSSR count). The predicted molar refractivity (Wildman–Crippen MR) is 58.7 cm³/mol. The van der Waals surface area contributed by atoms with Gasteiger partial charge in [0.25, 0.3) is 5.91 Å². The first-order chi connectivity index (χ1) is 8.09. The molecule has 0 bridgehead atoms. The normalized spacial score (nSPS) is 19.4. The number of aliphatic carboxylic acids is 1. The van der Waals surface area contributed by atoms with Crippen LogP contribution in [0.2, 0.25) is 5.15 Å². The lowest BCUT2D eigenvalue weighted by molar-refractivity contribution is -0.141. The van der Waals surface area contributed by atoms with Gasteiger partial charge in [-0.1, -0.05) is 11.6 Å². The van der Waals surface area contributed by atoms with Gasteiger partial charge in [-0.15, -0.1) is 10.2 Å². The van der Waals surface area contributed by atoms with Crippen LogP contribution in [-0.2, 0) is 4.79 Å². The molecule has 0 radical (unpaired) electrons. The molecule has 1 N–H and O–H groups in total. The van der Waals surface area contributed by atoms with Crippen molar-refractivity contribution in [1.82, 2.24) is 15.1 Å². The maximum absolute atomic E-state index is 12.0. The number of aromatic nitrogens is 2. The molecule has 0 saturated carbocycles. The highest BCUT2D eigenvalue weighted by molar-refractivity contribution is 6.29. The largest absolute Gasteiger partial charge is 0.480 e. The molecule has 6 nitrogen and oxygen atoms in total. The van der Waals surface area contributed by atoms with Crippen molar-refractivity contribution in [1.29, 1.82) is 0 Å². The van der Waals surface area contributed by atoms with E-state index in [0.717, 1.165) is 0 Å². The number of rotatable bonds is 2. The Balaban J connectivity index is 2.19. The van der Waals surface area contributed by atoms with Crippen LogP contribution in [0.25, 0.3) is 0 Å². The van der Waals surface area contributed by atoms with Crippen molar-refractivity contribution in [3.05, 3.63) is 23.0 Å². The van der Waals surface area contributed by atoms with Crippen molar-refractivity contribution in [2.75, 3.05) is 6.54 Å². The van der Waals surface area contributed by atoms with Crippen LogP contribution in [0.5, 0.6) is 0 Å². The minimum Gasteiger partial charge on any atom is -0.480 e. The van der Waals surface area contributed by atoms with Crippen LogP contribution < -0.4 is 0 Å². The first kappa shape index (κ1) is 11.8. The van der Waals surface area contributed by atoms with Crippen LogP contribution >= 0.6 is 11.6 Å². The zero-order chi connectivity index (χ0) is 12.4. The number of hydrogen-bond donors (Lipinski definition) is 1. The minimum absolute atomic E-state index is 0.113. The molecule has 1 atom stereocenters. The summed E-state index contributed by atoms with van der Waals surface area (Å²) in [6.45, 7) is 0.431. The van der Waals surface area contributed by atoms with E-state index in [9.17, 15) is 9.59 Å². The summed E-state index contributed by atoms with van der Waals surface area (Å²) in [5.41, 5.74) is 0.113. The maximum Gasteiger partial charge on any atom is 0.326 e. The van der Waals surface area contributed by atoms with Gasteiger partial charge in [-0.3, -0.25) is 4.79 Å². The lowest BCUT2D eigenvalue weighted by Gasteiger charge is -2.20. The highest BCUT2D eigenvalue weighted by atomic mass is 35.5. The smallest absolute Gasteiger partial charge is 0.326 e. The fraction of sp³-hybridized carbons (Fsp3) is 0.400. The first-order valence-corrected chi connectivity index (χ1v) is 5.50. The maximum atomic E-state index is 12.0. The second-order valence-corrected chi connectivity index (χ2v) is 4.12. The van der Waals surface area contributed by atoms with Crippen LogP contribution in [-0.4, -0.2) is 44.7 Å². The molecule has 1 amide bonds. The Bertz CT molecular complexity index is 449. The molecule has 17 heavy (non-hydrogen) atoms. The van der Waals surface area contributed by atoms with E-state index in [-0.39, 0.29) is 10.8 Å². The lowest BCUT2D eigenvalue weighted by atomic mass is 10.2. The van der Waals surface area contributed by atoms with Crippen LogP contribution in [0.4, 0.5) is 0 Å². The van der Waals surface area contributed by atoms with Gasteiger partial charge >= 0.3 is 5.97 Å². The van der Waals surface area contributed by atoms with Gasteiger partial charge in [-0.05, 0) is 25.0 Å². The average Bonchev–Trinajstić information content (AvgIpc) is 2.78. The molecule has 1 aromatic heterocycles. The van der Waals surface area contributed by atoms with E-state index in [2.05, 4.69) is 10.2 Å². The topological polar surface area (TPSA) is 83.4 Å². The van der Waals surface area contributed by atoms with Gasteiger partial charge in [-0.2, -0.15) is 0 Å². The molecule has 7 heteroatoms. The Morgan fingerprint density at radius 3 is 2.76 bits per heavy atom. The van der Waals surface area contributed by atoms with Crippen molar-refractivity contribution in [3.8, 4) is 0 Å². The quantitative estimate of drug-likeness (QED) is 0.846. The second-order valence-electron chi connectivity index (χ2n) is 3.74. The second kappa shape index (κ2) is 4.67. The van der Waals surface area contributed by atoms with Gasteiger partial charge in [-0.25, -0.2) is 4.79 Å². The summed E-state index contributed by atoms with van der Waals surface area (Å²) in [4.78, 5) is 24.2. The zero-order valence-corrected chi connectivity index (χ0v) is 9.59. The van der Waals surface area contributed by atoms with Gasteiger partial charge in [0, 0.05) is 6.54 Å². The van der Waals surface area contributed by atoms with Gasteiger partial charge < -0.3 is 10.0 Å². The fourth-order valence-corrected chi connectivity index (χ4v) is 1.94. The van der Waals surface area contributed by atoms with E-state index in [0.29, 0.717) is 19.4 Å². The van der Waals surface area contributed by atoms with Crippen molar-refractivity contribution < 1.29 is 14.7 Å². The van der Waals surface area contributed by atoms with Crippen molar-refractivity contribution in [3.63, 3.8) is 0 Å². The van der Waals surface area contributed by atoms with Crippen LogP contribution in [0.1, 0.15) is 23.3 Å². The van der Waals surface area contributed by atoms with Gasteiger partial charge in [0.05, 0.1) is 0 Å². The molecule has 0 spiro atoms. The number of nitrogens with zero attached hydrogens (tertiary/aromatic N) is 3. The Labute approximate surface area is 102 Å². The van der Waals surface area contributed by atoms with E-state index >= 15 is 0 Å². The summed E-state index contributed by atoms with van der Waals surface area (Å²) in [7, 11) is 0. The van der Waals surface area contributed by atoms with E-state index in [4.69, 9.17) is 16.7 Å². The van der Waals surface area contributed by atoms with Crippen LogP contribution in [0, 0.1) is 0 Å². The number of carboxylic acid groups (broad SMARTS) is 1. The summed E-state index contributed by atoms with van der Waals surface area (Å²) < 4.78 is 0. The summed E-state index contributed by atoms with van der Waals surface area (Å²) >= 11 is 5.56. The van der Waals surface area contributed by atoms with Crippen molar-refractivity contribution >= 4 is 23.5 Å². The fourth-order valence-electron chi connectivity index (χ4n) is 1.84. The monoisotopic (exact) mass is 255 g/mol. The third-order valence-corrected chi connectivity index (χ3v) is 2.85. The molecule has 90 valence electrons. The van der Waals surface area contributed by atoms with Crippen LogP contribution in [0.15, 0.2) is 12.1 Å². The molecule has 0 aliphatic carbocycles. The van der Waals surface area contributed by atoms with Gasteiger partial charge in [0.15, 0.2) is 10.8 Å². The number of carbonyl (C=O) groups excluding carboxylic acids is 1. The number of carboxylic acids is 1. The molecule has 1 aliphatic rings. The Morgan fingerprint density at radius 1 is 1.41 bits per heavy atom. The third kappa shape index (κ3) is 2.36. The summed E-state index contributed by atoms with van der Waals surface area (Å²) in [6, 6.07) is 2.13. The average molecular weight is 256 g/mol. The molecule has 1 fully saturated rings. The number of hydrogen-bond acceptors (Lipinski definition) is 4. The Kier molecular flexibility index (Phi) is 3.23. The molecule has 0 aromatic carbocycles. The molecular weight excluding hydrogens is 246 g/mol. The SMILES string of the molecule is O=C(O)[C@@H]1CCCN1C(=O)c1ccc(Cl)nn1. The number of likely N-dealkylation sites (tertiary alicyclic amines) is 1. The minimum atomic E-state index is -0.988. The van der Waals surface area contributed by atoms with E-state index in [1.54, 1.807) is 0 Å². The number of halogens is 1. The Hall–Kier alpha value is -1.69.